The molecule has 1 saturated heterocycles. The van der Waals surface area contributed by atoms with Crippen molar-refractivity contribution in [3.8, 4) is 10.7 Å². The zero-order chi connectivity index (χ0) is 13.2. The molecule has 100 valence electrons. The molecule has 1 aliphatic rings. The molecule has 0 atom stereocenters. The third kappa shape index (κ3) is 2.64. The van der Waals surface area contributed by atoms with E-state index in [1.807, 2.05) is 11.4 Å². The highest BCUT2D eigenvalue weighted by Gasteiger charge is 2.17. The Morgan fingerprint density at radius 3 is 2.63 bits per heavy atom. The molecule has 7 heteroatoms. The lowest BCUT2D eigenvalue weighted by Crippen LogP contribution is -2.31. The van der Waals surface area contributed by atoms with Crippen LogP contribution in [0.1, 0.15) is 19.3 Å². The maximum absolute atomic E-state index is 6.12. The second kappa shape index (κ2) is 5.30. The van der Waals surface area contributed by atoms with Crippen LogP contribution >= 0.6 is 22.9 Å². The molecule has 0 unspecified atom stereocenters. The van der Waals surface area contributed by atoms with Gasteiger partial charge in [0.15, 0.2) is 5.82 Å². The topological polar surface area (TPSA) is 67.9 Å². The summed E-state index contributed by atoms with van der Waals surface area (Å²) in [7, 11) is 0. The van der Waals surface area contributed by atoms with E-state index in [-0.39, 0.29) is 5.95 Å². The van der Waals surface area contributed by atoms with Gasteiger partial charge in [0.2, 0.25) is 11.9 Å². The Kier molecular flexibility index (Phi) is 3.52. The van der Waals surface area contributed by atoms with Crippen molar-refractivity contribution in [1.82, 2.24) is 15.0 Å². The summed E-state index contributed by atoms with van der Waals surface area (Å²) in [5.41, 5.74) is 5.79. The van der Waals surface area contributed by atoms with Gasteiger partial charge in [0.05, 0.1) is 9.90 Å². The van der Waals surface area contributed by atoms with E-state index in [0.29, 0.717) is 16.8 Å². The lowest BCUT2D eigenvalue weighted by Gasteiger charge is -2.26. The number of nitrogens with two attached hydrogens (primary N) is 1. The number of hydrogen-bond donors (Lipinski definition) is 1. The maximum atomic E-state index is 6.12. The minimum Gasteiger partial charge on any atom is -0.368 e. The fraction of sp³-hybridized carbons (Fsp3) is 0.417. The molecule has 0 radical (unpaired) electrons. The zero-order valence-electron chi connectivity index (χ0n) is 10.3. The molecule has 5 nitrogen and oxygen atoms in total. The number of halogens is 1. The lowest BCUT2D eigenvalue weighted by molar-refractivity contribution is 0.568. The van der Waals surface area contributed by atoms with Crippen molar-refractivity contribution in [2.45, 2.75) is 19.3 Å². The van der Waals surface area contributed by atoms with Crippen LogP contribution in [-0.2, 0) is 0 Å². The van der Waals surface area contributed by atoms with Crippen LogP contribution in [0.5, 0.6) is 0 Å². The highest BCUT2D eigenvalue weighted by Crippen LogP contribution is 2.31. The molecule has 19 heavy (non-hydrogen) atoms. The highest BCUT2D eigenvalue weighted by molar-refractivity contribution is 7.14. The third-order valence-corrected chi connectivity index (χ3v) is 4.44. The first kappa shape index (κ1) is 12.6. The SMILES string of the molecule is Nc1nc(-c2sccc2Cl)nc(N2CCCCC2)n1. The number of nitrogens with zero attached hydrogens (tertiary/aromatic N) is 4. The average molecular weight is 296 g/mol. The number of hydrogen-bond acceptors (Lipinski definition) is 6. The Bertz CT molecular complexity index is 579. The van der Waals surface area contributed by atoms with Gasteiger partial charge in [0.1, 0.15) is 0 Å². The van der Waals surface area contributed by atoms with Crippen LogP contribution in [0.4, 0.5) is 11.9 Å². The number of rotatable bonds is 2. The summed E-state index contributed by atoms with van der Waals surface area (Å²) in [4.78, 5) is 15.9. The molecule has 2 N–H and O–H groups in total. The third-order valence-electron chi connectivity index (χ3n) is 3.10. The van der Waals surface area contributed by atoms with Crippen molar-refractivity contribution in [3.05, 3.63) is 16.5 Å². The summed E-state index contributed by atoms with van der Waals surface area (Å²) in [6, 6.07) is 1.84. The summed E-state index contributed by atoms with van der Waals surface area (Å²) in [5, 5.41) is 2.57. The van der Waals surface area contributed by atoms with Gasteiger partial charge < -0.3 is 10.6 Å². The smallest absolute Gasteiger partial charge is 0.230 e. The molecule has 0 saturated carbocycles. The van der Waals surface area contributed by atoms with E-state index in [9.17, 15) is 0 Å². The van der Waals surface area contributed by atoms with Gasteiger partial charge in [-0.3, -0.25) is 0 Å². The molecule has 3 heterocycles. The van der Waals surface area contributed by atoms with Crippen molar-refractivity contribution in [1.29, 1.82) is 0 Å². The van der Waals surface area contributed by atoms with Crippen molar-refractivity contribution >= 4 is 34.8 Å². The van der Waals surface area contributed by atoms with Crippen molar-refractivity contribution in [2.75, 3.05) is 23.7 Å². The van der Waals surface area contributed by atoms with Gasteiger partial charge in [-0.1, -0.05) is 11.6 Å². The monoisotopic (exact) mass is 295 g/mol. The van der Waals surface area contributed by atoms with Crippen molar-refractivity contribution in [2.24, 2.45) is 0 Å². The number of anilines is 2. The Balaban J connectivity index is 1.98. The molecule has 0 aromatic carbocycles. The largest absolute Gasteiger partial charge is 0.368 e. The predicted molar refractivity (Wildman–Crippen MR) is 78.6 cm³/mol. The number of thiophene rings is 1. The summed E-state index contributed by atoms with van der Waals surface area (Å²) in [5.74, 6) is 1.47. The first-order valence-electron chi connectivity index (χ1n) is 6.24. The normalized spacial score (nSPS) is 15.7. The summed E-state index contributed by atoms with van der Waals surface area (Å²) in [6.07, 6.45) is 3.60. The lowest BCUT2D eigenvalue weighted by atomic mass is 10.1. The summed E-state index contributed by atoms with van der Waals surface area (Å²) >= 11 is 7.63. The molecule has 0 aliphatic carbocycles. The van der Waals surface area contributed by atoms with Gasteiger partial charge in [0.25, 0.3) is 0 Å². The minimum atomic E-state index is 0.245. The first-order valence-corrected chi connectivity index (χ1v) is 7.49. The van der Waals surface area contributed by atoms with Crippen LogP contribution in [0.2, 0.25) is 5.02 Å². The molecule has 0 amide bonds. The summed E-state index contributed by atoms with van der Waals surface area (Å²) < 4.78 is 0. The Hall–Kier alpha value is -1.40. The van der Waals surface area contributed by atoms with E-state index in [1.165, 1.54) is 30.6 Å². The van der Waals surface area contributed by atoms with Gasteiger partial charge in [0, 0.05) is 13.1 Å². The Morgan fingerprint density at radius 1 is 1.16 bits per heavy atom. The molecule has 2 aromatic heterocycles. The van der Waals surface area contributed by atoms with Gasteiger partial charge in [-0.2, -0.15) is 15.0 Å². The Labute approximate surface area is 120 Å². The summed E-state index contributed by atoms with van der Waals surface area (Å²) in [6.45, 7) is 1.95. The van der Waals surface area contributed by atoms with Crippen LogP contribution in [0.25, 0.3) is 10.7 Å². The van der Waals surface area contributed by atoms with Gasteiger partial charge >= 0.3 is 0 Å². The van der Waals surface area contributed by atoms with E-state index in [4.69, 9.17) is 17.3 Å². The molecule has 1 fully saturated rings. The van der Waals surface area contributed by atoms with E-state index in [0.717, 1.165) is 18.0 Å². The number of nitrogen functional groups attached to an aromatic ring is 1. The van der Waals surface area contributed by atoms with E-state index in [1.54, 1.807) is 0 Å². The molecule has 3 rings (SSSR count). The van der Waals surface area contributed by atoms with E-state index in [2.05, 4.69) is 19.9 Å². The zero-order valence-corrected chi connectivity index (χ0v) is 11.9. The van der Waals surface area contributed by atoms with Crippen molar-refractivity contribution < 1.29 is 0 Å². The molecule has 2 aromatic rings. The molecule has 0 spiro atoms. The molecule has 1 aliphatic heterocycles. The van der Waals surface area contributed by atoms with E-state index >= 15 is 0 Å². The standard InChI is InChI=1S/C12H14ClN5S/c13-8-4-7-19-9(8)10-15-11(14)17-12(16-10)18-5-2-1-3-6-18/h4,7H,1-3,5-6H2,(H2,14,15,16,17). The van der Waals surface area contributed by atoms with Crippen LogP contribution < -0.4 is 10.6 Å². The quantitative estimate of drug-likeness (QED) is 0.922. The van der Waals surface area contributed by atoms with Crippen LogP contribution in [0.15, 0.2) is 11.4 Å². The van der Waals surface area contributed by atoms with Crippen LogP contribution in [0.3, 0.4) is 0 Å². The second-order valence-corrected chi connectivity index (χ2v) is 5.79. The first-order chi connectivity index (χ1) is 9.24. The van der Waals surface area contributed by atoms with Crippen LogP contribution in [-0.4, -0.2) is 28.0 Å². The van der Waals surface area contributed by atoms with E-state index < -0.39 is 0 Å². The predicted octanol–water partition coefficient (Wildman–Crippen LogP) is 2.83. The van der Waals surface area contributed by atoms with Gasteiger partial charge in [-0.05, 0) is 30.7 Å². The fourth-order valence-corrected chi connectivity index (χ4v) is 3.24. The van der Waals surface area contributed by atoms with Crippen molar-refractivity contribution in [3.63, 3.8) is 0 Å². The highest BCUT2D eigenvalue weighted by atomic mass is 35.5. The Morgan fingerprint density at radius 2 is 1.95 bits per heavy atom. The molecular formula is C12H14ClN5S. The second-order valence-electron chi connectivity index (χ2n) is 4.46. The van der Waals surface area contributed by atoms with Gasteiger partial charge in [-0.15, -0.1) is 11.3 Å². The van der Waals surface area contributed by atoms with Crippen LogP contribution in [0, 0.1) is 0 Å². The maximum Gasteiger partial charge on any atom is 0.230 e. The molecular weight excluding hydrogens is 282 g/mol. The number of piperidine rings is 1. The fourth-order valence-electron chi connectivity index (χ4n) is 2.17. The number of aromatic nitrogens is 3. The van der Waals surface area contributed by atoms with Gasteiger partial charge in [-0.25, -0.2) is 0 Å². The molecule has 0 bridgehead atoms. The average Bonchev–Trinajstić information content (AvgIpc) is 2.85. The minimum absolute atomic E-state index is 0.245.